The lowest BCUT2D eigenvalue weighted by atomic mass is 10.2. The van der Waals surface area contributed by atoms with Crippen molar-refractivity contribution >= 4 is 17.5 Å². The Bertz CT molecular complexity index is 431. The van der Waals surface area contributed by atoms with E-state index in [9.17, 15) is 4.79 Å². The van der Waals surface area contributed by atoms with E-state index in [0.29, 0.717) is 24.2 Å². The summed E-state index contributed by atoms with van der Waals surface area (Å²) in [6.45, 7) is 1.56. The number of anilines is 2. The average Bonchev–Trinajstić information content (AvgIpc) is 2.84. The molecule has 6 heteroatoms. The van der Waals surface area contributed by atoms with Crippen LogP contribution in [0.5, 0.6) is 0 Å². The summed E-state index contributed by atoms with van der Waals surface area (Å²) in [5.41, 5.74) is 6.18. The number of hydrogen-bond donors (Lipinski definition) is 3. The maximum Gasteiger partial charge on any atom is 0.337 e. The Labute approximate surface area is 105 Å². The predicted octanol–water partition coefficient (Wildman–Crippen LogP) is 1.34. The zero-order valence-corrected chi connectivity index (χ0v) is 10.1. The monoisotopic (exact) mass is 251 g/mol. The first-order valence-corrected chi connectivity index (χ1v) is 6.01. The topological polar surface area (TPSA) is 97.5 Å². The molecule has 0 saturated carbocycles. The van der Waals surface area contributed by atoms with Gasteiger partial charge in [-0.05, 0) is 25.3 Å². The second kappa shape index (κ2) is 5.68. The Kier molecular flexibility index (Phi) is 3.99. The average molecular weight is 251 g/mol. The van der Waals surface area contributed by atoms with Gasteiger partial charge >= 0.3 is 5.97 Å². The molecule has 0 aliphatic carbocycles. The van der Waals surface area contributed by atoms with Crippen LogP contribution in [0, 0.1) is 0 Å². The van der Waals surface area contributed by atoms with Gasteiger partial charge in [-0.2, -0.15) is 0 Å². The number of aromatic carboxylic acids is 1. The molecule has 0 radical (unpaired) electrons. The number of nitrogens with zero attached hydrogens (tertiary/aromatic N) is 1. The van der Waals surface area contributed by atoms with E-state index in [0.717, 1.165) is 25.9 Å². The van der Waals surface area contributed by atoms with Gasteiger partial charge in [0.2, 0.25) is 0 Å². The van der Waals surface area contributed by atoms with Gasteiger partial charge in [-0.3, -0.25) is 0 Å². The fourth-order valence-corrected chi connectivity index (χ4v) is 1.97. The summed E-state index contributed by atoms with van der Waals surface area (Å²) in [5, 5.41) is 11.9. The largest absolute Gasteiger partial charge is 0.478 e. The van der Waals surface area contributed by atoms with Gasteiger partial charge in [-0.1, -0.05) is 0 Å². The molecule has 1 aromatic heterocycles. The standard InChI is InChI=1S/C12H17N3O3/c13-10-6-8(12(16)17)7-15-11(10)14-4-3-9-2-1-5-18-9/h6-7,9H,1-5,13H2,(H,14,15)(H,16,17). The molecule has 98 valence electrons. The number of ether oxygens (including phenoxy) is 1. The number of nitrogen functional groups attached to an aromatic ring is 1. The Balaban J connectivity index is 1.87. The molecule has 1 aliphatic heterocycles. The van der Waals surface area contributed by atoms with Crippen LogP contribution in [0.4, 0.5) is 11.5 Å². The molecule has 0 spiro atoms. The van der Waals surface area contributed by atoms with E-state index in [4.69, 9.17) is 15.6 Å². The van der Waals surface area contributed by atoms with Crippen LogP contribution in [0.1, 0.15) is 29.6 Å². The first-order chi connectivity index (χ1) is 8.66. The zero-order valence-electron chi connectivity index (χ0n) is 10.1. The summed E-state index contributed by atoms with van der Waals surface area (Å²) >= 11 is 0. The van der Waals surface area contributed by atoms with E-state index in [2.05, 4.69) is 10.3 Å². The highest BCUT2D eigenvalue weighted by Gasteiger charge is 2.15. The highest BCUT2D eigenvalue weighted by molar-refractivity contribution is 5.89. The van der Waals surface area contributed by atoms with E-state index < -0.39 is 5.97 Å². The van der Waals surface area contributed by atoms with Crippen molar-refractivity contribution in [3.05, 3.63) is 17.8 Å². The molecule has 1 aliphatic rings. The number of aromatic nitrogens is 1. The lowest BCUT2D eigenvalue weighted by Crippen LogP contribution is -2.14. The third kappa shape index (κ3) is 3.10. The van der Waals surface area contributed by atoms with E-state index in [1.165, 1.54) is 12.3 Å². The number of nitrogens with two attached hydrogens (primary N) is 1. The molecule has 0 aromatic carbocycles. The van der Waals surface area contributed by atoms with E-state index in [-0.39, 0.29) is 5.56 Å². The van der Waals surface area contributed by atoms with Crippen molar-refractivity contribution in [1.29, 1.82) is 0 Å². The number of carboxylic acids is 1. The summed E-state index contributed by atoms with van der Waals surface area (Å²) in [6.07, 6.45) is 4.74. The smallest absolute Gasteiger partial charge is 0.337 e. The van der Waals surface area contributed by atoms with Gasteiger partial charge in [0, 0.05) is 19.3 Å². The van der Waals surface area contributed by atoms with Crippen LogP contribution in [-0.2, 0) is 4.74 Å². The van der Waals surface area contributed by atoms with Crippen molar-refractivity contribution in [2.45, 2.75) is 25.4 Å². The lowest BCUT2D eigenvalue weighted by molar-refractivity contribution is 0.0696. The first-order valence-electron chi connectivity index (χ1n) is 6.01. The highest BCUT2D eigenvalue weighted by Crippen LogP contribution is 2.18. The molecule has 2 heterocycles. The Morgan fingerprint density at radius 3 is 3.11 bits per heavy atom. The third-order valence-electron chi connectivity index (χ3n) is 2.95. The van der Waals surface area contributed by atoms with E-state index in [1.807, 2.05) is 0 Å². The maximum atomic E-state index is 10.7. The second-order valence-corrected chi connectivity index (χ2v) is 4.32. The van der Waals surface area contributed by atoms with E-state index in [1.54, 1.807) is 0 Å². The molecule has 2 rings (SSSR count). The van der Waals surface area contributed by atoms with Crippen LogP contribution in [-0.4, -0.2) is 35.3 Å². The Hall–Kier alpha value is -1.82. The number of pyridine rings is 1. The van der Waals surface area contributed by atoms with Crippen LogP contribution < -0.4 is 11.1 Å². The lowest BCUT2D eigenvalue weighted by Gasteiger charge is -2.11. The quantitative estimate of drug-likeness (QED) is 0.730. The normalized spacial score (nSPS) is 18.8. The number of hydrogen-bond acceptors (Lipinski definition) is 5. The molecule has 1 aromatic rings. The Morgan fingerprint density at radius 2 is 2.50 bits per heavy atom. The molecule has 1 fully saturated rings. The summed E-state index contributed by atoms with van der Waals surface area (Å²) in [5.74, 6) is -0.502. The molecule has 6 nitrogen and oxygen atoms in total. The van der Waals surface area contributed by atoms with Crippen LogP contribution >= 0.6 is 0 Å². The molecule has 1 atom stereocenters. The summed E-state index contributed by atoms with van der Waals surface area (Å²) in [7, 11) is 0. The van der Waals surface area contributed by atoms with Gasteiger partial charge in [-0.15, -0.1) is 0 Å². The zero-order chi connectivity index (χ0) is 13.0. The van der Waals surface area contributed by atoms with Crippen molar-refractivity contribution in [3.8, 4) is 0 Å². The number of carbonyl (C=O) groups is 1. The van der Waals surface area contributed by atoms with Gasteiger partial charge in [0.1, 0.15) is 5.82 Å². The van der Waals surface area contributed by atoms with Crippen molar-refractivity contribution in [1.82, 2.24) is 4.98 Å². The number of nitrogens with one attached hydrogen (secondary N) is 1. The molecule has 0 bridgehead atoms. The van der Waals surface area contributed by atoms with Gasteiger partial charge < -0.3 is 20.9 Å². The maximum absolute atomic E-state index is 10.7. The van der Waals surface area contributed by atoms with Crippen LogP contribution in [0.25, 0.3) is 0 Å². The molecular weight excluding hydrogens is 234 g/mol. The molecule has 0 amide bonds. The minimum atomic E-state index is -1.03. The van der Waals surface area contributed by atoms with Crippen LogP contribution in [0.15, 0.2) is 12.3 Å². The van der Waals surface area contributed by atoms with Gasteiger partial charge in [-0.25, -0.2) is 9.78 Å². The summed E-state index contributed by atoms with van der Waals surface area (Å²) < 4.78 is 5.50. The molecular formula is C12H17N3O3. The molecule has 18 heavy (non-hydrogen) atoms. The van der Waals surface area contributed by atoms with Gasteiger partial charge in [0.05, 0.1) is 17.4 Å². The molecule has 1 saturated heterocycles. The third-order valence-corrected chi connectivity index (χ3v) is 2.95. The van der Waals surface area contributed by atoms with Gasteiger partial charge in [0.15, 0.2) is 0 Å². The molecule has 4 N–H and O–H groups in total. The summed E-state index contributed by atoms with van der Waals surface area (Å²) in [4.78, 5) is 14.7. The van der Waals surface area contributed by atoms with Crippen molar-refractivity contribution in [2.75, 3.05) is 24.2 Å². The van der Waals surface area contributed by atoms with E-state index >= 15 is 0 Å². The number of rotatable bonds is 5. The van der Waals surface area contributed by atoms with Crippen molar-refractivity contribution in [2.24, 2.45) is 0 Å². The van der Waals surface area contributed by atoms with Crippen molar-refractivity contribution < 1.29 is 14.6 Å². The SMILES string of the molecule is Nc1cc(C(=O)O)cnc1NCCC1CCCO1. The fraction of sp³-hybridized carbons (Fsp3) is 0.500. The first kappa shape index (κ1) is 12.6. The number of carboxylic acid groups (broad SMARTS) is 1. The highest BCUT2D eigenvalue weighted by atomic mass is 16.5. The molecule has 1 unspecified atom stereocenters. The van der Waals surface area contributed by atoms with Crippen molar-refractivity contribution in [3.63, 3.8) is 0 Å². The second-order valence-electron chi connectivity index (χ2n) is 4.32. The fourth-order valence-electron chi connectivity index (χ4n) is 1.97. The summed E-state index contributed by atoms with van der Waals surface area (Å²) in [6, 6.07) is 1.41. The predicted molar refractivity (Wildman–Crippen MR) is 67.7 cm³/mol. The van der Waals surface area contributed by atoms with Crippen LogP contribution in [0.2, 0.25) is 0 Å². The Morgan fingerprint density at radius 1 is 1.67 bits per heavy atom. The van der Waals surface area contributed by atoms with Gasteiger partial charge in [0.25, 0.3) is 0 Å². The minimum Gasteiger partial charge on any atom is -0.478 e. The minimum absolute atomic E-state index is 0.0946. The van der Waals surface area contributed by atoms with Crippen LogP contribution in [0.3, 0.4) is 0 Å².